The van der Waals surface area contributed by atoms with E-state index in [2.05, 4.69) is 228 Å². The smallest absolute Gasteiger partial charge is 0.417 e. The highest BCUT2D eigenvalue weighted by Crippen LogP contribution is 2.51. The lowest BCUT2D eigenvalue weighted by Crippen LogP contribution is -2.60. The van der Waals surface area contributed by atoms with Crippen LogP contribution in [0.2, 0.25) is 130 Å². The molecule has 6 rings (SSSR count). The summed E-state index contributed by atoms with van der Waals surface area (Å²) in [7, 11) is -17.4. The Morgan fingerprint density at radius 2 is 0.828 bits per heavy atom. The van der Waals surface area contributed by atoms with E-state index in [4.69, 9.17) is 29.4 Å². The summed E-state index contributed by atoms with van der Waals surface area (Å²) in [5.74, 6) is -1.15. The van der Waals surface area contributed by atoms with Gasteiger partial charge in [0.15, 0.2) is 49.9 Å². The second-order valence-electron chi connectivity index (χ2n) is 31.3. The molecule has 1 saturated carbocycles. The van der Waals surface area contributed by atoms with Gasteiger partial charge in [0.25, 0.3) is 11.8 Å². The van der Waals surface area contributed by atoms with Gasteiger partial charge < -0.3 is 39.2 Å². The van der Waals surface area contributed by atoms with Crippen molar-refractivity contribution in [3.8, 4) is 0 Å². The average Bonchev–Trinajstić information content (AvgIpc) is 1.72. The summed E-state index contributed by atoms with van der Waals surface area (Å²) in [6, 6.07) is 17.5. The Kier molecular flexibility index (Phi) is 23.1. The number of nitrogens with zero attached hydrogens (tertiary/aromatic N) is 4. The highest BCUT2D eigenvalue weighted by atomic mass is 28.5. The summed E-state index contributed by atoms with van der Waals surface area (Å²) in [4.78, 5) is 52.7. The molecule has 4 amide bonds. The van der Waals surface area contributed by atoms with Gasteiger partial charge in [-0.25, -0.2) is 4.79 Å². The summed E-state index contributed by atoms with van der Waals surface area (Å²) in [5.41, 5.74) is 8.55. The molecule has 3 heterocycles. The summed E-state index contributed by atoms with van der Waals surface area (Å²) in [6.07, 6.45) is 12.9. The van der Waals surface area contributed by atoms with Gasteiger partial charge in [0.1, 0.15) is 5.57 Å². The molecule has 1 unspecified atom stereocenters. The summed E-state index contributed by atoms with van der Waals surface area (Å²) >= 11 is 0. The van der Waals surface area contributed by atoms with Gasteiger partial charge >= 0.3 is 23.6 Å². The molecular formula is C65H112N4O10Si8. The first kappa shape index (κ1) is 72.9. The normalized spacial score (nSPS) is 20.4. The van der Waals surface area contributed by atoms with Gasteiger partial charge in [-0.15, -0.1) is 0 Å². The zero-order chi connectivity index (χ0) is 65.3. The van der Waals surface area contributed by atoms with Crippen molar-refractivity contribution in [3.63, 3.8) is 0 Å². The standard InChI is InChI=1S/C65H112N4O10Si8/c1-26-27-44-68-61(70)60(62(71)69(63(68)72)50(2)49-73-7)59-51(40-42-57-64(3,4)53-34-28-30-36-55(53)66(57)45-32-47-86(74-80(8,9)10,75-81(11,12)13)76-82(14,15)16)38-39-52(59)41-43-58-65(5,6)54-35-29-31-37-56(54)67(58)46-33-48-87(77-83(17,18)19,78-84(20,21)22)79-85(23,24)25/h28-31,34-37,40-43,50H,26-27,32-33,38-39,44-49H2,1-25H3. The third kappa shape index (κ3) is 18.5. The molecule has 0 aromatic heterocycles. The number of anilines is 2. The fraction of sp³-hybridized carbons (Fsp3) is 0.615. The number of amides is 4. The number of imide groups is 2. The monoisotopic (exact) mass is 1330 g/mol. The molecule has 0 bridgehead atoms. The third-order valence-electron chi connectivity index (χ3n) is 15.5. The Hall–Kier alpha value is -3.19. The van der Waals surface area contributed by atoms with E-state index in [1.807, 2.05) is 13.8 Å². The topological polar surface area (TPSA) is 129 Å². The first-order valence-electron chi connectivity index (χ1n) is 32.1. The maximum atomic E-state index is 15.4. The maximum Gasteiger partial charge on any atom is 0.469 e. The summed E-state index contributed by atoms with van der Waals surface area (Å²) in [6.45, 7) is 54.9. The van der Waals surface area contributed by atoms with E-state index in [-0.39, 0.29) is 18.7 Å². The van der Waals surface area contributed by atoms with Crippen LogP contribution in [0.1, 0.15) is 91.2 Å². The second-order valence-corrected chi connectivity index (χ2v) is 65.2. The maximum absolute atomic E-state index is 15.4. The van der Waals surface area contributed by atoms with E-state index in [1.54, 1.807) is 7.11 Å². The number of carbonyl (C=O) groups excluding carboxylic acids is 3. The number of unbranched alkanes of at least 4 members (excludes halogenated alkanes) is 1. The second kappa shape index (κ2) is 27.6. The molecule has 2 aromatic carbocycles. The number of para-hydroxylation sites is 2. The van der Waals surface area contributed by atoms with Gasteiger partial charge in [-0.1, -0.05) is 89.6 Å². The molecule has 3 aliphatic heterocycles. The molecule has 0 radical (unpaired) electrons. The molecule has 1 aliphatic carbocycles. The molecule has 0 spiro atoms. The van der Waals surface area contributed by atoms with Crippen molar-refractivity contribution in [2.24, 2.45) is 0 Å². The highest BCUT2D eigenvalue weighted by Gasteiger charge is 2.53. The van der Waals surface area contributed by atoms with Crippen molar-refractivity contribution < 1.29 is 43.8 Å². The van der Waals surface area contributed by atoms with E-state index >= 15 is 9.59 Å². The van der Waals surface area contributed by atoms with Crippen LogP contribution in [0, 0.1) is 0 Å². The Morgan fingerprint density at radius 1 is 0.483 bits per heavy atom. The summed E-state index contributed by atoms with van der Waals surface area (Å²) < 4.78 is 48.6. The molecule has 14 nitrogen and oxygen atoms in total. The van der Waals surface area contributed by atoms with Crippen LogP contribution >= 0.6 is 0 Å². The fourth-order valence-corrected chi connectivity index (χ4v) is 42.0. The van der Waals surface area contributed by atoms with Gasteiger partial charge in [0.2, 0.25) is 0 Å². The first-order chi connectivity index (χ1) is 39.9. The number of ether oxygens (including phenoxy) is 1. The third-order valence-corrected chi connectivity index (χ3v) is 39.5. The number of rotatable bonds is 28. The van der Waals surface area contributed by atoms with E-state index in [0.717, 1.165) is 53.2 Å². The minimum absolute atomic E-state index is 0.0269. The zero-order valence-corrected chi connectivity index (χ0v) is 66.4. The van der Waals surface area contributed by atoms with E-state index in [1.165, 1.54) is 20.9 Å². The predicted molar refractivity (Wildman–Crippen MR) is 379 cm³/mol. The van der Waals surface area contributed by atoms with Crippen molar-refractivity contribution >= 4 is 96.7 Å². The molecule has 4 aliphatic rings. The van der Waals surface area contributed by atoms with Crippen LogP contribution in [0.25, 0.3) is 0 Å². The van der Waals surface area contributed by atoms with Crippen LogP contribution in [0.4, 0.5) is 16.2 Å². The van der Waals surface area contributed by atoms with Gasteiger partial charge in [-0.3, -0.25) is 19.4 Å². The number of carbonyl (C=O) groups is 3. The van der Waals surface area contributed by atoms with Gasteiger partial charge in [0.05, 0.1) is 12.6 Å². The number of methoxy groups -OCH3 is 1. The zero-order valence-electron chi connectivity index (χ0n) is 58.4. The number of fused-ring (bicyclic) bond motifs is 2. The molecule has 2 aromatic rings. The number of hydrogen-bond donors (Lipinski definition) is 0. The van der Waals surface area contributed by atoms with Crippen LogP contribution in [-0.2, 0) is 49.8 Å². The molecule has 0 N–H and O–H groups in total. The molecule has 2 fully saturated rings. The van der Waals surface area contributed by atoms with E-state index < -0.39 is 102 Å². The lowest BCUT2D eigenvalue weighted by atomic mass is 9.83. The minimum atomic E-state index is -3.15. The average molecular weight is 1330 g/mol. The van der Waals surface area contributed by atoms with Crippen LogP contribution in [0.15, 0.2) is 107 Å². The number of urea groups is 1. The fourth-order valence-electron chi connectivity index (χ4n) is 12.7. The van der Waals surface area contributed by atoms with Gasteiger partial charge in [-0.05, 0) is 209 Å². The predicted octanol–water partition coefficient (Wildman–Crippen LogP) is 16.7. The van der Waals surface area contributed by atoms with Crippen LogP contribution in [-0.4, -0.2) is 135 Å². The Morgan fingerprint density at radius 3 is 1.16 bits per heavy atom. The number of allylic oxidation sites excluding steroid dienone is 9. The Bertz CT molecular complexity index is 2750. The van der Waals surface area contributed by atoms with Crippen molar-refractivity contribution in [1.29, 1.82) is 0 Å². The van der Waals surface area contributed by atoms with Crippen molar-refractivity contribution in [3.05, 3.63) is 118 Å². The SMILES string of the molecule is CCCCN1C(=O)C(=C2C(=CC=C3N(CCC[Si](O[Si](C)(C)C)(O[Si](C)(C)C)O[Si](C)(C)C)c4ccccc4C3(C)C)CCC2=CC=C2N(CCC[Si](O[Si](C)(C)C)(O[Si](C)(C)C)O[Si](C)(C)C)c3ccccc3C2(C)C)C(=O)N(C(C)COC)C1=O. The van der Waals surface area contributed by atoms with E-state index in [0.29, 0.717) is 50.0 Å². The summed E-state index contributed by atoms with van der Waals surface area (Å²) in [5, 5.41) is 0. The lowest BCUT2D eigenvalue weighted by molar-refractivity contribution is -0.137. The van der Waals surface area contributed by atoms with E-state index in [9.17, 15) is 4.79 Å². The number of hydrogen-bond acceptors (Lipinski definition) is 12. The quantitative estimate of drug-likeness (QED) is 0.0457. The van der Waals surface area contributed by atoms with Crippen LogP contribution in [0.3, 0.4) is 0 Å². The Labute approximate surface area is 534 Å². The van der Waals surface area contributed by atoms with Gasteiger partial charge in [-0.2, -0.15) is 0 Å². The van der Waals surface area contributed by atoms with Crippen molar-refractivity contribution in [1.82, 2.24) is 9.80 Å². The molecule has 484 valence electrons. The molecule has 22 heteroatoms. The number of barbiturate groups is 1. The lowest BCUT2D eigenvalue weighted by Gasteiger charge is -2.43. The molecule has 1 saturated heterocycles. The molecular weight excluding hydrogens is 1220 g/mol. The van der Waals surface area contributed by atoms with Gasteiger partial charge in [0, 0.05) is 72.4 Å². The number of benzene rings is 2. The minimum Gasteiger partial charge on any atom is -0.417 e. The van der Waals surface area contributed by atoms with Crippen molar-refractivity contribution in [2.75, 3.05) is 43.2 Å². The first-order valence-corrected chi connectivity index (χ1v) is 56.4. The van der Waals surface area contributed by atoms with Crippen LogP contribution in [0.5, 0.6) is 0 Å². The van der Waals surface area contributed by atoms with Crippen LogP contribution < -0.4 is 9.80 Å². The molecule has 1 atom stereocenters. The largest absolute Gasteiger partial charge is 0.469 e. The van der Waals surface area contributed by atoms with Crippen molar-refractivity contribution in [2.45, 2.75) is 227 Å². The Balaban J connectivity index is 1.54. The molecule has 87 heavy (non-hydrogen) atoms. The highest BCUT2D eigenvalue weighted by molar-refractivity contribution is 6.91.